The summed E-state index contributed by atoms with van der Waals surface area (Å²) in [5, 5.41) is 3.09. The molecule has 1 aliphatic heterocycles. The zero-order chi connectivity index (χ0) is 24.1. The van der Waals surface area contributed by atoms with Gasteiger partial charge in [-0.1, -0.05) is 13.0 Å². The van der Waals surface area contributed by atoms with Crippen molar-refractivity contribution in [2.24, 2.45) is 5.92 Å². The SMILES string of the molecule is CCN1CCc2nc(Nc3ncc(F)c(-c4cc(F)c5nc(C)n(CC6CC6)c5c4)n3)ccc2C1. The van der Waals surface area contributed by atoms with E-state index in [1.807, 2.05) is 17.6 Å². The number of fused-ring (bicyclic) bond motifs is 2. The van der Waals surface area contributed by atoms with Crippen LogP contribution in [0.5, 0.6) is 0 Å². The van der Waals surface area contributed by atoms with Crippen LogP contribution in [-0.2, 0) is 19.5 Å². The Bertz CT molecular complexity index is 1430. The van der Waals surface area contributed by atoms with Crippen LogP contribution in [0.2, 0.25) is 0 Å². The number of anilines is 2. The Hall–Kier alpha value is -3.46. The number of hydrogen-bond donors (Lipinski definition) is 1. The predicted octanol–water partition coefficient (Wildman–Crippen LogP) is 5.01. The first-order valence-corrected chi connectivity index (χ1v) is 12.2. The van der Waals surface area contributed by atoms with Gasteiger partial charge in [-0.15, -0.1) is 0 Å². The van der Waals surface area contributed by atoms with Gasteiger partial charge in [-0.2, -0.15) is 0 Å². The van der Waals surface area contributed by atoms with Gasteiger partial charge in [0.2, 0.25) is 5.95 Å². The molecule has 0 radical (unpaired) electrons. The minimum Gasteiger partial charge on any atom is -0.328 e. The zero-order valence-corrected chi connectivity index (χ0v) is 19.9. The van der Waals surface area contributed by atoms with E-state index in [4.69, 9.17) is 4.98 Å². The van der Waals surface area contributed by atoms with Crippen molar-refractivity contribution in [1.29, 1.82) is 0 Å². The molecule has 1 saturated carbocycles. The van der Waals surface area contributed by atoms with Crippen LogP contribution in [0.4, 0.5) is 20.5 Å². The fourth-order valence-electron chi connectivity index (χ4n) is 4.78. The van der Waals surface area contributed by atoms with E-state index in [2.05, 4.69) is 38.2 Å². The summed E-state index contributed by atoms with van der Waals surface area (Å²) < 4.78 is 31.9. The molecule has 0 spiro atoms. The number of benzene rings is 1. The Balaban J connectivity index is 1.33. The molecule has 0 unspecified atom stereocenters. The molecule has 180 valence electrons. The first-order chi connectivity index (χ1) is 17.0. The summed E-state index contributed by atoms with van der Waals surface area (Å²) in [6, 6.07) is 7.01. The van der Waals surface area contributed by atoms with Crippen molar-refractivity contribution < 1.29 is 8.78 Å². The molecule has 0 saturated heterocycles. The number of aryl methyl sites for hydroxylation is 1. The van der Waals surface area contributed by atoms with Crippen molar-refractivity contribution in [1.82, 2.24) is 29.4 Å². The summed E-state index contributed by atoms with van der Waals surface area (Å²) in [5.74, 6) is 1.07. The summed E-state index contributed by atoms with van der Waals surface area (Å²) >= 11 is 0. The van der Waals surface area contributed by atoms with Gasteiger partial charge in [-0.25, -0.2) is 28.7 Å². The van der Waals surface area contributed by atoms with Crippen LogP contribution in [-0.4, -0.2) is 42.5 Å². The lowest BCUT2D eigenvalue weighted by Gasteiger charge is -2.27. The minimum absolute atomic E-state index is 0.0386. The van der Waals surface area contributed by atoms with Crippen molar-refractivity contribution in [3.63, 3.8) is 0 Å². The Morgan fingerprint density at radius 2 is 1.94 bits per heavy atom. The first-order valence-electron chi connectivity index (χ1n) is 12.2. The number of rotatable bonds is 6. The van der Waals surface area contributed by atoms with Gasteiger partial charge in [0.15, 0.2) is 11.6 Å². The third kappa shape index (κ3) is 4.25. The summed E-state index contributed by atoms with van der Waals surface area (Å²) in [4.78, 5) is 20.0. The number of aromatic nitrogens is 5. The largest absolute Gasteiger partial charge is 0.328 e. The number of likely N-dealkylation sites (N-methyl/N-ethyl adjacent to an activating group) is 1. The first kappa shape index (κ1) is 22.0. The van der Waals surface area contributed by atoms with Gasteiger partial charge in [0.1, 0.15) is 22.9 Å². The molecule has 1 fully saturated rings. The maximum absolute atomic E-state index is 15.0. The van der Waals surface area contributed by atoms with Gasteiger partial charge in [0, 0.05) is 37.3 Å². The molecule has 4 heterocycles. The molecule has 35 heavy (non-hydrogen) atoms. The number of nitrogens with one attached hydrogen (secondary N) is 1. The molecule has 3 aromatic heterocycles. The van der Waals surface area contributed by atoms with Gasteiger partial charge < -0.3 is 9.88 Å². The lowest BCUT2D eigenvalue weighted by Crippen LogP contribution is -2.30. The van der Waals surface area contributed by atoms with E-state index >= 15 is 4.39 Å². The summed E-state index contributed by atoms with van der Waals surface area (Å²) in [7, 11) is 0. The second-order valence-corrected chi connectivity index (χ2v) is 9.48. The third-order valence-corrected chi connectivity index (χ3v) is 6.97. The smallest absolute Gasteiger partial charge is 0.229 e. The van der Waals surface area contributed by atoms with Crippen molar-refractivity contribution >= 4 is 22.8 Å². The van der Waals surface area contributed by atoms with Crippen LogP contribution in [0.3, 0.4) is 0 Å². The van der Waals surface area contributed by atoms with Crippen LogP contribution < -0.4 is 5.32 Å². The van der Waals surface area contributed by atoms with Crippen molar-refractivity contribution in [3.05, 3.63) is 59.2 Å². The standard InChI is InChI=1S/C26H27F2N7/c1-3-34-9-8-21-17(14-34)6-7-23(31-21)32-26-29-12-20(28)24(33-26)18-10-19(27)25-22(11-18)35(15(2)30-25)13-16-4-5-16/h6-7,10-12,16H,3-5,8-9,13-14H2,1-2H3,(H,29,31,32,33). The highest BCUT2D eigenvalue weighted by Crippen LogP contribution is 2.34. The van der Waals surface area contributed by atoms with E-state index in [-0.39, 0.29) is 11.6 Å². The molecule has 1 aliphatic carbocycles. The summed E-state index contributed by atoms with van der Waals surface area (Å²) in [5.41, 5.74) is 3.62. The molecule has 2 aliphatic rings. The second kappa shape index (κ2) is 8.64. The third-order valence-electron chi connectivity index (χ3n) is 6.97. The average Bonchev–Trinajstić information content (AvgIpc) is 3.63. The fraction of sp³-hybridized carbons (Fsp3) is 0.385. The highest BCUT2D eigenvalue weighted by atomic mass is 19.1. The van der Waals surface area contributed by atoms with E-state index in [0.717, 1.165) is 50.3 Å². The number of halogens is 2. The molecule has 6 rings (SSSR count). The number of nitrogens with zero attached hydrogens (tertiary/aromatic N) is 6. The fourth-order valence-corrected chi connectivity index (χ4v) is 4.78. The van der Waals surface area contributed by atoms with E-state index in [9.17, 15) is 4.39 Å². The molecule has 7 nitrogen and oxygen atoms in total. The lowest BCUT2D eigenvalue weighted by atomic mass is 10.1. The molecule has 0 bridgehead atoms. The van der Waals surface area contributed by atoms with Crippen molar-refractivity contribution in [2.75, 3.05) is 18.4 Å². The molecule has 9 heteroatoms. The molecular formula is C26H27F2N7. The highest BCUT2D eigenvalue weighted by molar-refractivity contribution is 5.83. The number of pyridine rings is 1. The molecule has 1 aromatic carbocycles. The van der Waals surface area contributed by atoms with Crippen LogP contribution >= 0.6 is 0 Å². The molecule has 1 N–H and O–H groups in total. The molecular weight excluding hydrogens is 448 g/mol. The van der Waals surface area contributed by atoms with Crippen LogP contribution in [0.15, 0.2) is 30.5 Å². The lowest BCUT2D eigenvalue weighted by molar-refractivity contribution is 0.266. The Kier molecular flexibility index (Phi) is 5.44. The van der Waals surface area contributed by atoms with E-state index in [1.54, 1.807) is 6.07 Å². The topological polar surface area (TPSA) is 71.8 Å². The van der Waals surface area contributed by atoms with Gasteiger partial charge in [0.05, 0.1) is 11.7 Å². The number of hydrogen-bond acceptors (Lipinski definition) is 6. The maximum atomic E-state index is 15.0. The summed E-state index contributed by atoms with van der Waals surface area (Å²) in [6.07, 6.45) is 4.33. The van der Waals surface area contributed by atoms with E-state index < -0.39 is 11.6 Å². The monoisotopic (exact) mass is 475 g/mol. The van der Waals surface area contributed by atoms with Crippen LogP contribution in [0.1, 0.15) is 36.8 Å². The van der Waals surface area contributed by atoms with Gasteiger partial charge in [0.25, 0.3) is 0 Å². The summed E-state index contributed by atoms with van der Waals surface area (Å²) in [6.45, 7) is 7.70. The molecule has 0 amide bonds. The minimum atomic E-state index is -0.614. The maximum Gasteiger partial charge on any atom is 0.229 e. The van der Waals surface area contributed by atoms with Crippen LogP contribution in [0.25, 0.3) is 22.3 Å². The Morgan fingerprint density at radius 3 is 2.74 bits per heavy atom. The van der Waals surface area contributed by atoms with E-state index in [0.29, 0.717) is 28.3 Å². The average molecular weight is 476 g/mol. The quantitative estimate of drug-likeness (QED) is 0.423. The normalized spacial score (nSPS) is 16.0. The Labute approximate surface area is 202 Å². The van der Waals surface area contributed by atoms with Gasteiger partial charge in [-0.05, 0) is 56.0 Å². The number of imidazole rings is 1. The second-order valence-electron chi connectivity index (χ2n) is 9.48. The molecule has 0 atom stereocenters. The van der Waals surface area contributed by atoms with Crippen molar-refractivity contribution in [2.45, 2.75) is 46.2 Å². The Morgan fingerprint density at radius 1 is 1.09 bits per heavy atom. The highest BCUT2D eigenvalue weighted by Gasteiger charge is 2.25. The predicted molar refractivity (Wildman–Crippen MR) is 130 cm³/mol. The van der Waals surface area contributed by atoms with Gasteiger partial charge in [-0.3, -0.25) is 4.90 Å². The zero-order valence-electron chi connectivity index (χ0n) is 19.9. The van der Waals surface area contributed by atoms with E-state index in [1.165, 1.54) is 24.5 Å². The molecule has 4 aromatic rings. The van der Waals surface area contributed by atoms with Crippen molar-refractivity contribution in [3.8, 4) is 11.3 Å². The van der Waals surface area contributed by atoms with Gasteiger partial charge >= 0.3 is 0 Å². The van der Waals surface area contributed by atoms with Crippen LogP contribution in [0, 0.1) is 24.5 Å².